The molecule has 0 saturated carbocycles. The van der Waals surface area contributed by atoms with E-state index in [2.05, 4.69) is 0 Å². The molecule has 0 aliphatic carbocycles. The number of rotatable bonds is 0. The van der Waals surface area contributed by atoms with Crippen LogP contribution >= 0.6 is 36.7 Å². The molecular weight excluding hydrogens is 343 g/mol. The van der Waals surface area contributed by atoms with Gasteiger partial charge in [0.2, 0.25) is 0 Å². The Morgan fingerprint density at radius 2 is 0.722 bits per heavy atom. The van der Waals surface area contributed by atoms with E-state index in [9.17, 15) is 0 Å². The summed E-state index contributed by atoms with van der Waals surface area (Å²) in [5.74, 6) is 0. The quantitative estimate of drug-likeness (QED) is 0.448. The van der Waals surface area contributed by atoms with Crippen LogP contribution in [0.1, 0.15) is 0 Å². The maximum absolute atomic E-state index is 5.06. The topological polar surface area (TPSA) is 9.72 Å². The fourth-order valence-electron chi connectivity index (χ4n) is 1.61. The van der Waals surface area contributed by atoms with Gasteiger partial charge in [-0.05, 0) is 0 Å². The second-order valence-electron chi connectivity index (χ2n) is 3.76. The van der Waals surface area contributed by atoms with Gasteiger partial charge in [-0.1, -0.05) is 13.0 Å². The van der Waals surface area contributed by atoms with E-state index in [1.54, 1.807) is 0 Å². The Kier molecular flexibility index (Phi) is 7.11. The van der Waals surface area contributed by atoms with E-state index in [0.717, 1.165) is 39.3 Å². The lowest BCUT2D eigenvalue weighted by molar-refractivity contribution is 0.377. The first kappa shape index (κ1) is 16.4. The van der Waals surface area contributed by atoms with Gasteiger partial charge in [0.05, 0.1) is 0 Å². The van der Waals surface area contributed by atoms with Gasteiger partial charge in [0.1, 0.15) is 0 Å². The molecule has 1 saturated heterocycles. The van der Waals surface area contributed by atoms with Crippen molar-refractivity contribution in [2.24, 2.45) is 0 Å². The maximum atomic E-state index is 5.06. The standard InChI is InChI=1S/C9H15N3S6/c13-7(14)10-1-2-11(8(15)16)5-6-12(4-3-10)9(17)18/h1-6H2,(H,13,14)(H,15,16)(H,17,18)/p-3. The minimum atomic E-state index is 0.461. The van der Waals surface area contributed by atoms with Gasteiger partial charge in [0.15, 0.2) is 0 Å². The first-order valence-electron chi connectivity index (χ1n) is 5.29. The third kappa shape index (κ3) is 5.14. The molecular formula is C9H12N3S6-3. The van der Waals surface area contributed by atoms with Crippen molar-refractivity contribution in [2.75, 3.05) is 39.3 Å². The predicted octanol–water partition coefficient (Wildman–Crippen LogP) is 0.401. The molecule has 0 spiro atoms. The van der Waals surface area contributed by atoms with Crippen LogP contribution in [-0.4, -0.2) is 66.9 Å². The molecule has 0 aromatic rings. The van der Waals surface area contributed by atoms with Gasteiger partial charge >= 0.3 is 0 Å². The summed E-state index contributed by atoms with van der Waals surface area (Å²) in [6, 6.07) is 0. The van der Waals surface area contributed by atoms with Crippen molar-refractivity contribution in [1.82, 2.24) is 14.7 Å². The van der Waals surface area contributed by atoms with Crippen LogP contribution in [0, 0.1) is 0 Å². The summed E-state index contributed by atoms with van der Waals surface area (Å²) in [6.45, 7) is 4.40. The van der Waals surface area contributed by atoms with Crippen LogP contribution in [0.15, 0.2) is 0 Å². The molecule has 0 unspecified atom stereocenters. The van der Waals surface area contributed by atoms with Crippen molar-refractivity contribution in [3.63, 3.8) is 0 Å². The third-order valence-corrected chi connectivity index (χ3v) is 4.24. The molecule has 0 amide bonds. The van der Waals surface area contributed by atoms with Gasteiger partial charge in [-0.25, -0.2) is 0 Å². The zero-order valence-electron chi connectivity index (χ0n) is 9.53. The van der Waals surface area contributed by atoms with Crippen molar-refractivity contribution in [1.29, 1.82) is 0 Å². The van der Waals surface area contributed by atoms with Crippen LogP contribution in [0.4, 0.5) is 0 Å². The number of nitrogens with zero attached hydrogens (tertiary/aromatic N) is 3. The van der Waals surface area contributed by atoms with E-state index < -0.39 is 0 Å². The lowest BCUT2D eigenvalue weighted by Gasteiger charge is -2.32. The number of thiocarbonyl (C=S) groups is 3. The minimum absolute atomic E-state index is 0.461. The summed E-state index contributed by atoms with van der Waals surface area (Å²) in [7, 11) is 0. The van der Waals surface area contributed by atoms with Crippen molar-refractivity contribution < 1.29 is 0 Å². The van der Waals surface area contributed by atoms with Gasteiger partial charge in [-0.15, -0.1) is 0 Å². The van der Waals surface area contributed by atoms with Crippen LogP contribution in [0.25, 0.3) is 0 Å². The molecule has 1 fully saturated rings. The molecule has 1 aliphatic heterocycles. The molecule has 1 aliphatic rings. The smallest absolute Gasteiger partial charge is 0.0338 e. The summed E-state index contributed by atoms with van der Waals surface area (Å²) < 4.78 is 1.38. The molecule has 3 nitrogen and oxygen atoms in total. The molecule has 9 heteroatoms. The van der Waals surface area contributed by atoms with Gasteiger partial charge in [-0.3, -0.25) is 0 Å². The SMILES string of the molecule is S=C([S-])N1CCN(C(=S)[S-])CCN(C(=S)[S-])CC1. The molecule has 0 N–H and O–H groups in total. The van der Waals surface area contributed by atoms with E-state index in [0.29, 0.717) is 13.0 Å². The van der Waals surface area contributed by atoms with Gasteiger partial charge in [0.25, 0.3) is 0 Å². The fourth-order valence-corrected chi connectivity index (χ4v) is 2.70. The van der Waals surface area contributed by atoms with Crippen LogP contribution in [0.3, 0.4) is 0 Å². The second kappa shape index (κ2) is 7.81. The Balaban J connectivity index is 2.77. The van der Waals surface area contributed by atoms with Crippen molar-refractivity contribution >= 4 is 87.5 Å². The van der Waals surface area contributed by atoms with Crippen LogP contribution in [0.5, 0.6) is 0 Å². The predicted molar refractivity (Wildman–Crippen MR) is 94.6 cm³/mol. The average Bonchev–Trinajstić information content (AvgIpc) is 2.37. The Morgan fingerprint density at radius 1 is 0.556 bits per heavy atom. The lowest BCUT2D eigenvalue weighted by Crippen LogP contribution is -2.39. The molecule has 0 aromatic heterocycles. The monoisotopic (exact) mass is 354 g/mol. The van der Waals surface area contributed by atoms with Crippen LogP contribution in [0.2, 0.25) is 0 Å². The Labute approximate surface area is 140 Å². The summed E-state index contributed by atoms with van der Waals surface area (Å²) in [4.78, 5) is 5.87. The van der Waals surface area contributed by atoms with Crippen molar-refractivity contribution in [2.45, 2.75) is 0 Å². The maximum Gasteiger partial charge on any atom is 0.0338 e. The normalized spacial score (nSPS) is 17.7. The molecule has 0 atom stereocenters. The zero-order chi connectivity index (χ0) is 13.7. The fraction of sp³-hybridized carbons (Fsp3) is 0.667. The highest BCUT2D eigenvalue weighted by atomic mass is 32.1. The Bertz CT molecular complexity index is 283. The molecule has 1 heterocycles. The second-order valence-corrected chi connectivity index (χ2v) is 6.85. The highest BCUT2D eigenvalue weighted by Gasteiger charge is 2.12. The Hall–Kier alpha value is 0.330. The zero-order valence-corrected chi connectivity index (χ0v) is 14.4. The van der Waals surface area contributed by atoms with E-state index in [1.807, 2.05) is 14.7 Å². The largest absolute Gasteiger partial charge is 0.411 e. The van der Waals surface area contributed by atoms with Crippen LogP contribution < -0.4 is 0 Å². The first-order valence-corrected chi connectivity index (χ1v) is 7.74. The third-order valence-electron chi connectivity index (χ3n) is 2.69. The van der Waals surface area contributed by atoms with E-state index in [4.69, 9.17) is 74.5 Å². The van der Waals surface area contributed by atoms with E-state index in [1.165, 1.54) is 0 Å². The summed E-state index contributed by atoms with van der Waals surface area (Å²) in [6.07, 6.45) is 0. The average molecular weight is 355 g/mol. The molecule has 0 bridgehead atoms. The molecule has 0 aromatic carbocycles. The molecule has 0 radical (unpaired) electrons. The van der Waals surface area contributed by atoms with E-state index >= 15 is 0 Å². The highest BCUT2D eigenvalue weighted by molar-refractivity contribution is 8.00. The molecule has 102 valence electrons. The van der Waals surface area contributed by atoms with Gasteiger partial charge in [-0.2, -0.15) is 0 Å². The van der Waals surface area contributed by atoms with Crippen LogP contribution in [-0.2, 0) is 37.9 Å². The van der Waals surface area contributed by atoms with Crippen molar-refractivity contribution in [3.8, 4) is 0 Å². The summed E-state index contributed by atoms with van der Waals surface area (Å²) >= 11 is 30.4. The lowest BCUT2D eigenvalue weighted by atomic mass is 10.5. The van der Waals surface area contributed by atoms with Crippen molar-refractivity contribution in [3.05, 3.63) is 0 Å². The van der Waals surface area contributed by atoms with Gasteiger partial charge < -0.3 is 89.2 Å². The van der Waals surface area contributed by atoms with E-state index in [-0.39, 0.29) is 0 Å². The highest BCUT2D eigenvalue weighted by Crippen LogP contribution is 2.03. The first-order chi connectivity index (χ1) is 8.41. The molecule has 1 rings (SSSR count). The number of hydrogen-bond donors (Lipinski definition) is 0. The minimum Gasteiger partial charge on any atom is -0.411 e. The summed E-state index contributed by atoms with van der Waals surface area (Å²) in [5.41, 5.74) is 0. The molecule has 18 heavy (non-hydrogen) atoms. The Morgan fingerprint density at radius 3 is 0.833 bits per heavy atom. The number of hydrogen-bond acceptors (Lipinski definition) is 6. The summed E-state index contributed by atoms with van der Waals surface area (Å²) in [5, 5.41) is 0. The van der Waals surface area contributed by atoms with Gasteiger partial charge in [0, 0.05) is 39.3 Å².